The Morgan fingerprint density at radius 3 is 2.47 bits per heavy atom. The van der Waals surface area contributed by atoms with E-state index in [4.69, 9.17) is 16.3 Å². The van der Waals surface area contributed by atoms with Gasteiger partial charge in [-0.1, -0.05) is 29.8 Å². The summed E-state index contributed by atoms with van der Waals surface area (Å²) in [4.78, 5) is 28.2. The van der Waals surface area contributed by atoms with Crippen molar-refractivity contribution in [2.24, 2.45) is 0 Å². The van der Waals surface area contributed by atoms with Gasteiger partial charge in [0, 0.05) is 40.4 Å². The van der Waals surface area contributed by atoms with Gasteiger partial charge in [0.1, 0.15) is 0 Å². The number of hydrogen-bond donors (Lipinski definition) is 1. The van der Waals surface area contributed by atoms with Crippen LogP contribution in [0.5, 0.6) is 0 Å². The highest BCUT2D eigenvalue weighted by Crippen LogP contribution is 2.48. The number of anilines is 2. The standard InChI is InChI=1S/C28H27ClN2O3/c1-18-6-3-4-7-22(18)26(32)30-21-9-10-23(19(2)16-21)27(33)31-14-5-12-28(13-15-34-28)24-17-20(29)8-11-25(24)31/h3-4,6-11,16-17H,5,12-15H2,1-2H3,(H,30,32). The van der Waals surface area contributed by atoms with Crippen molar-refractivity contribution in [2.45, 2.75) is 38.7 Å². The lowest BCUT2D eigenvalue weighted by atomic mass is 9.82. The molecule has 0 aromatic heterocycles. The summed E-state index contributed by atoms with van der Waals surface area (Å²) < 4.78 is 6.04. The predicted octanol–water partition coefficient (Wildman–Crippen LogP) is 6.27. The highest BCUT2D eigenvalue weighted by molar-refractivity contribution is 6.30. The fourth-order valence-corrected chi connectivity index (χ4v) is 5.18. The fraction of sp³-hybridized carbons (Fsp3) is 0.286. The van der Waals surface area contributed by atoms with Gasteiger partial charge in [-0.3, -0.25) is 9.59 Å². The lowest BCUT2D eigenvalue weighted by Gasteiger charge is -2.42. The maximum absolute atomic E-state index is 13.7. The average molecular weight is 475 g/mol. The number of aryl methyl sites for hydroxylation is 2. The number of ether oxygens (including phenoxy) is 1. The fourth-order valence-electron chi connectivity index (χ4n) is 5.01. The lowest BCUT2D eigenvalue weighted by Crippen LogP contribution is -2.40. The summed E-state index contributed by atoms with van der Waals surface area (Å²) in [6, 6.07) is 18.6. The Hall–Kier alpha value is -3.15. The molecule has 34 heavy (non-hydrogen) atoms. The highest BCUT2D eigenvalue weighted by Gasteiger charge is 2.44. The molecule has 0 aliphatic carbocycles. The summed E-state index contributed by atoms with van der Waals surface area (Å²) in [5, 5.41) is 3.59. The van der Waals surface area contributed by atoms with E-state index in [2.05, 4.69) is 5.32 Å². The Morgan fingerprint density at radius 2 is 1.76 bits per heavy atom. The van der Waals surface area contributed by atoms with Crippen LogP contribution in [-0.4, -0.2) is 25.0 Å². The molecule has 5 rings (SSSR count). The third-order valence-corrected chi connectivity index (χ3v) is 7.17. The Balaban J connectivity index is 1.42. The number of hydrogen-bond acceptors (Lipinski definition) is 3. The predicted molar refractivity (Wildman–Crippen MR) is 135 cm³/mol. The van der Waals surface area contributed by atoms with Crippen LogP contribution in [0.25, 0.3) is 0 Å². The summed E-state index contributed by atoms with van der Waals surface area (Å²) >= 11 is 6.33. The molecule has 0 bridgehead atoms. The quantitative estimate of drug-likeness (QED) is 0.487. The zero-order chi connectivity index (χ0) is 23.9. The van der Waals surface area contributed by atoms with Gasteiger partial charge in [-0.2, -0.15) is 0 Å². The van der Waals surface area contributed by atoms with Crippen molar-refractivity contribution in [1.29, 1.82) is 0 Å². The van der Waals surface area contributed by atoms with Crippen molar-refractivity contribution in [3.8, 4) is 0 Å². The number of nitrogens with one attached hydrogen (secondary N) is 1. The van der Waals surface area contributed by atoms with Crippen LogP contribution in [0.3, 0.4) is 0 Å². The van der Waals surface area contributed by atoms with Crippen molar-refractivity contribution in [3.05, 3.63) is 93.5 Å². The second-order valence-corrected chi connectivity index (χ2v) is 9.55. The van der Waals surface area contributed by atoms with Crippen molar-refractivity contribution < 1.29 is 14.3 Å². The maximum atomic E-state index is 13.7. The SMILES string of the molecule is Cc1ccccc1C(=O)Nc1ccc(C(=O)N2CCCC3(CCO3)c3cc(Cl)ccc32)c(C)c1. The molecule has 2 aliphatic heterocycles. The van der Waals surface area contributed by atoms with Crippen LogP contribution in [-0.2, 0) is 10.3 Å². The van der Waals surface area contributed by atoms with E-state index in [1.807, 2.05) is 61.2 Å². The van der Waals surface area contributed by atoms with Crippen molar-refractivity contribution in [1.82, 2.24) is 0 Å². The van der Waals surface area contributed by atoms with Crippen LogP contribution in [0.15, 0.2) is 60.7 Å². The first-order valence-electron chi connectivity index (χ1n) is 11.6. The molecule has 1 N–H and O–H groups in total. The third-order valence-electron chi connectivity index (χ3n) is 6.94. The Labute approximate surface area is 204 Å². The van der Waals surface area contributed by atoms with Gasteiger partial charge in [0.25, 0.3) is 11.8 Å². The maximum Gasteiger partial charge on any atom is 0.258 e. The average Bonchev–Trinajstić information content (AvgIpc) is 2.96. The van der Waals surface area contributed by atoms with E-state index < -0.39 is 0 Å². The van der Waals surface area contributed by atoms with Crippen LogP contribution in [0.1, 0.15) is 56.7 Å². The molecular weight excluding hydrogens is 448 g/mol. The van der Waals surface area contributed by atoms with Crippen LogP contribution in [0.4, 0.5) is 11.4 Å². The number of fused-ring (bicyclic) bond motifs is 2. The van der Waals surface area contributed by atoms with E-state index in [1.54, 1.807) is 18.2 Å². The van der Waals surface area contributed by atoms with Gasteiger partial charge >= 0.3 is 0 Å². The molecule has 5 nitrogen and oxygen atoms in total. The van der Waals surface area contributed by atoms with Gasteiger partial charge in [-0.25, -0.2) is 0 Å². The van der Waals surface area contributed by atoms with E-state index in [9.17, 15) is 9.59 Å². The molecule has 1 fully saturated rings. The lowest BCUT2D eigenvalue weighted by molar-refractivity contribution is -0.157. The van der Waals surface area contributed by atoms with E-state index >= 15 is 0 Å². The molecule has 2 amide bonds. The zero-order valence-electron chi connectivity index (χ0n) is 19.4. The topological polar surface area (TPSA) is 58.6 Å². The second kappa shape index (κ2) is 8.90. The minimum atomic E-state index is -0.339. The van der Waals surface area contributed by atoms with E-state index in [-0.39, 0.29) is 17.4 Å². The third kappa shape index (κ3) is 3.99. The normalized spacial score (nSPS) is 19.2. The van der Waals surface area contributed by atoms with E-state index in [1.165, 1.54) is 0 Å². The van der Waals surface area contributed by atoms with E-state index in [0.29, 0.717) is 28.4 Å². The van der Waals surface area contributed by atoms with Crippen LogP contribution < -0.4 is 10.2 Å². The minimum Gasteiger partial charge on any atom is -0.370 e. The summed E-state index contributed by atoms with van der Waals surface area (Å²) in [5.74, 6) is -0.227. The number of nitrogens with zero attached hydrogens (tertiary/aromatic N) is 1. The van der Waals surface area contributed by atoms with Gasteiger partial charge in [-0.05, 0) is 80.3 Å². The van der Waals surface area contributed by atoms with Gasteiger partial charge in [0.05, 0.1) is 17.9 Å². The molecule has 1 saturated heterocycles. The number of carbonyl (C=O) groups excluding carboxylic acids is 2. The van der Waals surface area contributed by atoms with Crippen LogP contribution in [0, 0.1) is 13.8 Å². The summed E-state index contributed by atoms with van der Waals surface area (Å²) in [6.07, 6.45) is 2.66. The Morgan fingerprint density at radius 1 is 0.971 bits per heavy atom. The first-order valence-corrected chi connectivity index (χ1v) is 12.0. The van der Waals surface area contributed by atoms with Crippen molar-refractivity contribution >= 4 is 34.8 Å². The Kier molecular flexibility index (Phi) is 5.92. The molecule has 2 aliphatic rings. The van der Waals surface area contributed by atoms with Crippen molar-refractivity contribution in [2.75, 3.05) is 23.4 Å². The van der Waals surface area contributed by atoms with E-state index in [0.717, 1.165) is 48.2 Å². The highest BCUT2D eigenvalue weighted by atomic mass is 35.5. The molecule has 1 atom stereocenters. The number of rotatable bonds is 3. The first kappa shape index (κ1) is 22.6. The largest absolute Gasteiger partial charge is 0.370 e. The van der Waals surface area contributed by atoms with Crippen LogP contribution >= 0.6 is 11.6 Å². The van der Waals surface area contributed by atoms with Crippen molar-refractivity contribution in [3.63, 3.8) is 0 Å². The van der Waals surface area contributed by atoms with Gasteiger partial charge in [0.15, 0.2) is 0 Å². The molecule has 3 aromatic carbocycles. The zero-order valence-corrected chi connectivity index (χ0v) is 20.1. The monoisotopic (exact) mass is 474 g/mol. The first-order chi connectivity index (χ1) is 16.4. The number of halogens is 1. The number of benzene rings is 3. The molecular formula is C28H27ClN2O3. The molecule has 6 heteroatoms. The second-order valence-electron chi connectivity index (χ2n) is 9.11. The molecule has 1 spiro atoms. The van der Waals surface area contributed by atoms with Crippen LogP contribution in [0.2, 0.25) is 5.02 Å². The number of amides is 2. The Bertz CT molecular complexity index is 1280. The molecule has 3 aromatic rings. The molecule has 0 radical (unpaired) electrons. The number of carbonyl (C=O) groups is 2. The molecule has 0 saturated carbocycles. The molecule has 174 valence electrons. The summed E-state index contributed by atoms with van der Waals surface area (Å²) in [7, 11) is 0. The summed E-state index contributed by atoms with van der Waals surface area (Å²) in [6.45, 7) is 5.15. The van der Waals surface area contributed by atoms with Gasteiger partial charge in [-0.15, -0.1) is 0 Å². The molecule has 2 heterocycles. The minimum absolute atomic E-state index is 0.0609. The van der Waals surface area contributed by atoms with Gasteiger partial charge < -0.3 is 15.0 Å². The summed E-state index contributed by atoms with van der Waals surface area (Å²) in [5.41, 5.74) is 5.15. The molecule has 1 unspecified atom stereocenters. The smallest absolute Gasteiger partial charge is 0.258 e. The van der Waals surface area contributed by atoms with Gasteiger partial charge in [0.2, 0.25) is 0 Å².